The van der Waals surface area contributed by atoms with Gasteiger partial charge in [-0.2, -0.15) is 0 Å². The van der Waals surface area contributed by atoms with Gasteiger partial charge in [0.15, 0.2) is 5.96 Å². The van der Waals surface area contributed by atoms with Gasteiger partial charge >= 0.3 is 0 Å². The van der Waals surface area contributed by atoms with Gasteiger partial charge in [0.25, 0.3) is 0 Å². The van der Waals surface area contributed by atoms with E-state index in [1.807, 2.05) is 0 Å². The van der Waals surface area contributed by atoms with Gasteiger partial charge in [-0.3, -0.25) is 9.79 Å². The average Bonchev–Trinajstić information content (AvgIpc) is 2.50. The number of nitrogens with one attached hydrogen (secondary N) is 2. The molecule has 6 nitrogen and oxygen atoms in total. The van der Waals surface area contributed by atoms with Crippen LogP contribution in [0, 0.1) is 0 Å². The highest BCUT2D eigenvalue weighted by atomic mass is 127. The average molecular weight is 439 g/mol. The molecule has 0 bridgehead atoms. The first kappa shape index (κ1) is 22.4. The summed E-state index contributed by atoms with van der Waals surface area (Å²) in [6.07, 6.45) is 5.64. The second kappa shape index (κ2) is 12.8. The number of hydrogen-bond donors (Lipinski definition) is 2. The van der Waals surface area contributed by atoms with Gasteiger partial charge in [-0.15, -0.1) is 24.0 Å². The van der Waals surface area contributed by atoms with Crippen molar-refractivity contribution in [3.05, 3.63) is 0 Å². The fourth-order valence-corrected chi connectivity index (χ4v) is 2.71. The first-order valence-electron chi connectivity index (χ1n) is 8.43. The standard InChI is InChI=1S/C16H33N5O.HI/c1-14-8-5-6-12-21(14)13-7-10-18-16(17-2)19-11-9-15(22)20(3)4;/h14H,5-13H2,1-4H3,(H2,17,18,19);1H. The maximum Gasteiger partial charge on any atom is 0.223 e. The third-order valence-electron chi connectivity index (χ3n) is 4.21. The Balaban J connectivity index is 0.00000484. The molecule has 0 radical (unpaired) electrons. The van der Waals surface area contributed by atoms with Gasteiger partial charge in [0, 0.05) is 53.2 Å². The van der Waals surface area contributed by atoms with E-state index in [-0.39, 0.29) is 29.9 Å². The Kier molecular flexibility index (Phi) is 12.5. The van der Waals surface area contributed by atoms with Gasteiger partial charge in [0.05, 0.1) is 0 Å². The number of rotatable bonds is 7. The summed E-state index contributed by atoms with van der Waals surface area (Å²) in [6.45, 7) is 6.23. The van der Waals surface area contributed by atoms with E-state index in [0.717, 1.165) is 31.5 Å². The Labute approximate surface area is 158 Å². The molecule has 1 amide bonds. The third-order valence-corrected chi connectivity index (χ3v) is 4.21. The zero-order chi connectivity index (χ0) is 16.4. The lowest BCUT2D eigenvalue weighted by Crippen LogP contribution is -2.42. The molecule has 0 saturated carbocycles. The van der Waals surface area contributed by atoms with Crippen LogP contribution < -0.4 is 10.6 Å². The number of guanidine groups is 1. The smallest absolute Gasteiger partial charge is 0.223 e. The van der Waals surface area contributed by atoms with Crippen LogP contribution in [0.25, 0.3) is 0 Å². The maximum absolute atomic E-state index is 11.5. The molecule has 1 fully saturated rings. The first-order chi connectivity index (χ1) is 10.5. The van der Waals surface area contributed by atoms with Gasteiger partial charge in [-0.05, 0) is 32.7 Å². The highest BCUT2D eigenvalue weighted by molar-refractivity contribution is 14.0. The van der Waals surface area contributed by atoms with Crippen molar-refractivity contribution in [2.24, 2.45) is 4.99 Å². The molecule has 2 N–H and O–H groups in total. The number of aliphatic imine (C=N–C) groups is 1. The number of halogens is 1. The van der Waals surface area contributed by atoms with Crippen LogP contribution in [0.3, 0.4) is 0 Å². The monoisotopic (exact) mass is 439 g/mol. The van der Waals surface area contributed by atoms with Crippen molar-refractivity contribution < 1.29 is 4.79 Å². The van der Waals surface area contributed by atoms with Crippen molar-refractivity contribution in [2.45, 2.75) is 45.1 Å². The van der Waals surface area contributed by atoms with Crippen LogP contribution in [0.5, 0.6) is 0 Å². The molecule has 0 aliphatic carbocycles. The largest absolute Gasteiger partial charge is 0.356 e. The van der Waals surface area contributed by atoms with E-state index in [4.69, 9.17) is 0 Å². The number of piperidine rings is 1. The number of carbonyl (C=O) groups is 1. The number of likely N-dealkylation sites (tertiary alicyclic amines) is 1. The van der Waals surface area contributed by atoms with Crippen LogP contribution in [-0.4, -0.2) is 75.0 Å². The Morgan fingerprint density at radius 2 is 1.96 bits per heavy atom. The Morgan fingerprint density at radius 3 is 2.57 bits per heavy atom. The third kappa shape index (κ3) is 9.34. The molecule has 7 heteroatoms. The van der Waals surface area contributed by atoms with Crippen LogP contribution in [0.15, 0.2) is 4.99 Å². The summed E-state index contributed by atoms with van der Waals surface area (Å²) >= 11 is 0. The molecule has 136 valence electrons. The van der Waals surface area contributed by atoms with Crippen LogP contribution in [0.1, 0.15) is 39.0 Å². The molecule has 1 atom stereocenters. The summed E-state index contributed by atoms with van der Waals surface area (Å²) in [7, 11) is 5.31. The lowest BCUT2D eigenvalue weighted by molar-refractivity contribution is -0.128. The fraction of sp³-hybridized carbons (Fsp3) is 0.875. The Bertz CT molecular complexity index is 362. The zero-order valence-corrected chi connectivity index (χ0v) is 17.4. The van der Waals surface area contributed by atoms with Crippen molar-refractivity contribution in [2.75, 3.05) is 47.3 Å². The van der Waals surface area contributed by atoms with Gasteiger partial charge in [-0.25, -0.2) is 0 Å². The fourth-order valence-electron chi connectivity index (χ4n) is 2.71. The molecule has 0 aromatic carbocycles. The van der Waals surface area contributed by atoms with Crippen molar-refractivity contribution >= 4 is 35.8 Å². The summed E-state index contributed by atoms with van der Waals surface area (Å²) in [4.78, 5) is 19.9. The predicted molar refractivity (Wildman–Crippen MR) is 108 cm³/mol. The van der Waals surface area contributed by atoms with Crippen LogP contribution in [0.4, 0.5) is 0 Å². The van der Waals surface area contributed by atoms with E-state index >= 15 is 0 Å². The van der Waals surface area contributed by atoms with E-state index in [9.17, 15) is 4.79 Å². The second-order valence-corrected chi connectivity index (χ2v) is 6.20. The van der Waals surface area contributed by atoms with E-state index in [2.05, 4.69) is 27.4 Å². The summed E-state index contributed by atoms with van der Waals surface area (Å²) in [5.74, 6) is 0.903. The predicted octanol–water partition coefficient (Wildman–Crippen LogP) is 1.51. The van der Waals surface area contributed by atoms with Gasteiger partial charge in [-0.1, -0.05) is 6.42 Å². The molecule has 0 aromatic rings. The number of nitrogens with zero attached hydrogens (tertiary/aromatic N) is 3. The first-order valence-corrected chi connectivity index (χ1v) is 8.43. The highest BCUT2D eigenvalue weighted by Gasteiger charge is 2.17. The number of hydrogen-bond acceptors (Lipinski definition) is 3. The summed E-state index contributed by atoms with van der Waals surface area (Å²) in [6, 6.07) is 0.725. The minimum atomic E-state index is 0. The van der Waals surface area contributed by atoms with Crippen molar-refractivity contribution in [3.8, 4) is 0 Å². The van der Waals surface area contributed by atoms with E-state index in [1.54, 1.807) is 26.0 Å². The van der Waals surface area contributed by atoms with Crippen LogP contribution in [0.2, 0.25) is 0 Å². The molecule has 1 aliphatic rings. The normalized spacial score (nSPS) is 19.0. The number of carbonyl (C=O) groups excluding carboxylic acids is 1. The zero-order valence-electron chi connectivity index (χ0n) is 15.1. The molecule has 0 aromatic heterocycles. The molecular formula is C16H34IN5O. The quantitative estimate of drug-likeness (QED) is 0.273. The lowest BCUT2D eigenvalue weighted by atomic mass is 10.0. The van der Waals surface area contributed by atoms with Gasteiger partial charge < -0.3 is 20.4 Å². The molecular weight excluding hydrogens is 405 g/mol. The van der Waals surface area contributed by atoms with Crippen molar-refractivity contribution in [1.82, 2.24) is 20.4 Å². The number of amides is 1. The second-order valence-electron chi connectivity index (χ2n) is 6.20. The molecule has 1 rings (SSSR count). The summed E-state index contributed by atoms with van der Waals surface area (Å²) in [5.41, 5.74) is 0. The molecule has 1 unspecified atom stereocenters. The molecule has 1 aliphatic heterocycles. The Morgan fingerprint density at radius 1 is 1.26 bits per heavy atom. The highest BCUT2D eigenvalue weighted by Crippen LogP contribution is 2.15. The molecule has 0 spiro atoms. The lowest BCUT2D eigenvalue weighted by Gasteiger charge is -2.33. The molecule has 1 heterocycles. The van der Waals surface area contributed by atoms with Crippen LogP contribution in [-0.2, 0) is 4.79 Å². The topological polar surface area (TPSA) is 60.0 Å². The minimum Gasteiger partial charge on any atom is -0.356 e. The molecule has 23 heavy (non-hydrogen) atoms. The summed E-state index contributed by atoms with van der Waals surface area (Å²) in [5, 5.41) is 6.49. The SMILES string of the molecule is CN=C(NCCCN1CCCCC1C)NCCC(=O)N(C)C.I. The summed E-state index contributed by atoms with van der Waals surface area (Å²) < 4.78 is 0. The van der Waals surface area contributed by atoms with Crippen molar-refractivity contribution in [3.63, 3.8) is 0 Å². The van der Waals surface area contributed by atoms with Gasteiger partial charge in [0.2, 0.25) is 5.91 Å². The minimum absolute atomic E-state index is 0. The maximum atomic E-state index is 11.5. The Hall–Kier alpha value is -0.570. The van der Waals surface area contributed by atoms with E-state index in [0.29, 0.717) is 13.0 Å². The van der Waals surface area contributed by atoms with Gasteiger partial charge in [0.1, 0.15) is 0 Å². The van der Waals surface area contributed by atoms with Crippen molar-refractivity contribution in [1.29, 1.82) is 0 Å². The van der Waals surface area contributed by atoms with E-state index in [1.165, 1.54) is 25.8 Å². The van der Waals surface area contributed by atoms with E-state index < -0.39 is 0 Å². The van der Waals surface area contributed by atoms with Crippen LogP contribution >= 0.6 is 24.0 Å². The molecule has 1 saturated heterocycles.